The van der Waals surface area contributed by atoms with Crippen LogP contribution in [-0.4, -0.2) is 61.4 Å². The maximum Gasteiger partial charge on any atom is 0.240 e. The zero-order valence-corrected chi connectivity index (χ0v) is 20.2. The van der Waals surface area contributed by atoms with Gasteiger partial charge in [0.1, 0.15) is 11.5 Å². The first-order valence-corrected chi connectivity index (χ1v) is 11.8. The van der Waals surface area contributed by atoms with E-state index >= 15 is 0 Å². The molecule has 8 heteroatoms. The van der Waals surface area contributed by atoms with E-state index in [1.807, 2.05) is 24.3 Å². The largest absolute Gasteiger partial charge is 0.497 e. The zero-order chi connectivity index (χ0) is 24.3. The van der Waals surface area contributed by atoms with Crippen LogP contribution in [0.2, 0.25) is 5.02 Å². The number of hydrogen-bond acceptors (Lipinski definition) is 5. The van der Waals surface area contributed by atoms with Crippen LogP contribution in [0.4, 0.5) is 0 Å². The van der Waals surface area contributed by atoms with E-state index in [-0.39, 0.29) is 36.5 Å². The minimum Gasteiger partial charge on any atom is -0.497 e. The van der Waals surface area contributed by atoms with Crippen LogP contribution in [0.5, 0.6) is 11.5 Å². The maximum atomic E-state index is 13.4. The Morgan fingerprint density at radius 1 is 1.12 bits per heavy atom. The Morgan fingerprint density at radius 3 is 2.47 bits per heavy atom. The van der Waals surface area contributed by atoms with Gasteiger partial charge in [0.25, 0.3) is 0 Å². The fraction of sp³-hybridized carbons (Fsp3) is 0.423. The van der Waals surface area contributed by atoms with E-state index in [0.29, 0.717) is 30.3 Å². The second kappa shape index (κ2) is 10.1. The molecule has 4 rings (SSSR count). The summed E-state index contributed by atoms with van der Waals surface area (Å²) < 4.78 is 11.1. The van der Waals surface area contributed by atoms with Crippen LogP contribution >= 0.6 is 11.6 Å². The lowest BCUT2D eigenvalue weighted by atomic mass is 9.75. The lowest BCUT2D eigenvalue weighted by Gasteiger charge is -2.35. The first-order valence-electron chi connectivity index (χ1n) is 11.4. The predicted octanol–water partition coefficient (Wildman–Crippen LogP) is 3.68. The van der Waals surface area contributed by atoms with Gasteiger partial charge in [-0.2, -0.15) is 0 Å². The number of carbonyl (C=O) groups excluding carboxylic acids is 3. The molecule has 2 aliphatic rings. The average molecular weight is 485 g/mol. The Kier molecular flexibility index (Phi) is 7.12. The molecule has 2 heterocycles. The van der Waals surface area contributed by atoms with E-state index < -0.39 is 5.41 Å². The molecule has 180 valence electrons. The second-order valence-electron chi connectivity index (χ2n) is 9.01. The summed E-state index contributed by atoms with van der Waals surface area (Å²) in [5, 5.41) is 0.385. The maximum absolute atomic E-state index is 13.4. The molecule has 0 spiro atoms. The van der Waals surface area contributed by atoms with Gasteiger partial charge >= 0.3 is 0 Å². The number of hydrogen-bond donors (Lipinski definition) is 0. The first kappa shape index (κ1) is 24.1. The molecule has 2 atom stereocenters. The molecule has 34 heavy (non-hydrogen) atoms. The monoisotopic (exact) mass is 484 g/mol. The van der Waals surface area contributed by atoms with Gasteiger partial charge in [0.05, 0.1) is 19.1 Å². The first-order chi connectivity index (χ1) is 16.3. The normalized spacial score (nSPS) is 22.7. The van der Waals surface area contributed by atoms with Crippen LogP contribution in [0.1, 0.15) is 31.2 Å². The van der Waals surface area contributed by atoms with Crippen molar-refractivity contribution in [3.8, 4) is 11.5 Å². The molecule has 2 aliphatic heterocycles. The number of methoxy groups -OCH3 is 1. The summed E-state index contributed by atoms with van der Waals surface area (Å²) in [5.41, 5.74) is -0.738. The van der Waals surface area contributed by atoms with Crippen LogP contribution in [0.25, 0.3) is 0 Å². The Labute approximate surface area is 204 Å². The number of likely N-dealkylation sites (N-methyl/N-ethyl adjacent to an activating group) is 1. The Morgan fingerprint density at radius 2 is 1.82 bits per heavy atom. The topological polar surface area (TPSA) is 76.2 Å². The lowest BCUT2D eigenvalue weighted by Crippen LogP contribution is -2.46. The third-order valence-electron chi connectivity index (χ3n) is 6.80. The molecule has 0 unspecified atom stereocenters. The minimum atomic E-state index is -1.27. The fourth-order valence-corrected chi connectivity index (χ4v) is 5.18. The highest BCUT2D eigenvalue weighted by molar-refractivity contribution is 6.32. The van der Waals surface area contributed by atoms with Gasteiger partial charge in [-0.05, 0) is 48.7 Å². The van der Waals surface area contributed by atoms with Crippen LogP contribution in [-0.2, 0) is 19.8 Å². The zero-order valence-electron chi connectivity index (χ0n) is 19.5. The van der Waals surface area contributed by atoms with Gasteiger partial charge in [-0.15, -0.1) is 0 Å². The van der Waals surface area contributed by atoms with E-state index in [4.69, 9.17) is 21.1 Å². The summed E-state index contributed by atoms with van der Waals surface area (Å²) in [6.07, 6.45) is 1.66. The number of piperidine rings is 1. The SMILES string of the molecule is COc1ccc(OC[C@@H]2CCCN(C(=O)C[C@@]3(c4ccccc4Cl)CC(=O)N(C)C3=O)C2)cc1. The number of halogens is 1. The fourth-order valence-electron chi connectivity index (χ4n) is 4.86. The van der Waals surface area contributed by atoms with E-state index in [0.717, 1.165) is 29.2 Å². The van der Waals surface area contributed by atoms with Crippen molar-refractivity contribution < 1.29 is 23.9 Å². The summed E-state index contributed by atoms with van der Waals surface area (Å²) in [6.45, 7) is 1.66. The molecule has 7 nitrogen and oxygen atoms in total. The van der Waals surface area contributed by atoms with Crippen LogP contribution < -0.4 is 9.47 Å². The molecule has 0 radical (unpaired) electrons. The predicted molar refractivity (Wildman–Crippen MR) is 128 cm³/mol. The molecule has 2 aromatic carbocycles. The lowest BCUT2D eigenvalue weighted by molar-refractivity contribution is -0.142. The Bertz CT molecular complexity index is 1070. The summed E-state index contributed by atoms with van der Waals surface area (Å²) in [5.74, 6) is 0.863. The number of ether oxygens (including phenoxy) is 2. The summed E-state index contributed by atoms with van der Waals surface area (Å²) >= 11 is 6.43. The molecule has 2 fully saturated rings. The highest BCUT2D eigenvalue weighted by Crippen LogP contribution is 2.43. The molecule has 3 amide bonds. The van der Waals surface area contributed by atoms with Gasteiger partial charge < -0.3 is 14.4 Å². The molecule has 0 aromatic heterocycles. The van der Waals surface area contributed by atoms with Gasteiger partial charge in [0.2, 0.25) is 17.7 Å². The van der Waals surface area contributed by atoms with Crippen molar-refractivity contribution >= 4 is 29.3 Å². The van der Waals surface area contributed by atoms with E-state index in [1.54, 1.807) is 36.3 Å². The van der Waals surface area contributed by atoms with E-state index in [9.17, 15) is 14.4 Å². The smallest absolute Gasteiger partial charge is 0.240 e. The van der Waals surface area contributed by atoms with Crippen LogP contribution in [0.15, 0.2) is 48.5 Å². The average Bonchev–Trinajstić information content (AvgIpc) is 3.07. The van der Waals surface area contributed by atoms with Crippen LogP contribution in [0, 0.1) is 5.92 Å². The third kappa shape index (κ3) is 4.75. The number of likely N-dealkylation sites (tertiary alicyclic amines) is 2. The number of rotatable bonds is 7. The second-order valence-corrected chi connectivity index (χ2v) is 9.42. The molecular weight excluding hydrogens is 456 g/mol. The summed E-state index contributed by atoms with van der Waals surface area (Å²) in [4.78, 5) is 42.0. The van der Waals surface area contributed by atoms with Crippen molar-refractivity contribution in [3.05, 3.63) is 59.1 Å². The number of amides is 3. The number of benzene rings is 2. The van der Waals surface area contributed by atoms with Crippen molar-refractivity contribution in [3.63, 3.8) is 0 Å². The van der Waals surface area contributed by atoms with Crippen molar-refractivity contribution in [1.82, 2.24) is 9.80 Å². The molecule has 2 saturated heterocycles. The van der Waals surface area contributed by atoms with Crippen LogP contribution in [0.3, 0.4) is 0 Å². The van der Waals surface area contributed by atoms with Gasteiger partial charge in [-0.1, -0.05) is 29.8 Å². The molecule has 0 saturated carbocycles. The van der Waals surface area contributed by atoms with E-state index in [2.05, 4.69) is 0 Å². The number of nitrogens with zero attached hydrogens (tertiary/aromatic N) is 2. The van der Waals surface area contributed by atoms with Gasteiger partial charge in [0.15, 0.2) is 0 Å². The van der Waals surface area contributed by atoms with Gasteiger partial charge in [-0.3, -0.25) is 19.3 Å². The van der Waals surface area contributed by atoms with Crippen molar-refractivity contribution in [2.45, 2.75) is 31.1 Å². The molecule has 0 bridgehead atoms. The van der Waals surface area contributed by atoms with Crippen molar-refractivity contribution in [1.29, 1.82) is 0 Å². The number of carbonyl (C=O) groups is 3. The Balaban J connectivity index is 1.46. The Hall–Kier alpha value is -3.06. The number of imide groups is 1. The third-order valence-corrected chi connectivity index (χ3v) is 7.13. The van der Waals surface area contributed by atoms with E-state index in [1.165, 1.54) is 7.05 Å². The quantitative estimate of drug-likeness (QED) is 0.560. The molecule has 0 N–H and O–H groups in total. The van der Waals surface area contributed by atoms with Gasteiger partial charge in [0, 0.05) is 43.9 Å². The highest BCUT2D eigenvalue weighted by Gasteiger charge is 2.53. The highest BCUT2D eigenvalue weighted by atomic mass is 35.5. The molecule has 0 aliphatic carbocycles. The van der Waals surface area contributed by atoms with Gasteiger partial charge in [-0.25, -0.2) is 0 Å². The molecule has 2 aromatic rings. The van der Waals surface area contributed by atoms with Crippen molar-refractivity contribution in [2.24, 2.45) is 5.92 Å². The molecular formula is C26H29ClN2O5. The van der Waals surface area contributed by atoms with Crippen molar-refractivity contribution in [2.75, 3.05) is 33.9 Å². The summed E-state index contributed by atoms with van der Waals surface area (Å²) in [7, 11) is 3.08. The minimum absolute atomic E-state index is 0.0599. The summed E-state index contributed by atoms with van der Waals surface area (Å²) in [6, 6.07) is 14.4. The standard InChI is InChI=1S/C26H29ClN2O5/c1-28-23(30)14-26(25(28)32,21-7-3-4-8-22(21)27)15-24(31)29-13-5-6-18(16-29)17-34-20-11-9-19(33-2)10-12-20/h3-4,7-12,18H,5-6,13-17H2,1-2H3/t18-,26-/m1/s1.